The van der Waals surface area contributed by atoms with Gasteiger partial charge in [0.2, 0.25) is 5.91 Å². The maximum atomic E-state index is 13.3. The predicted molar refractivity (Wildman–Crippen MR) is 95.9 cm³/mol. The molecule has 4 nitrogen and oxygen atoms in total. The van der Waals surface area contributed by atoms with Crippen LogP contribution >= 0.6 is 0 Å². The molecular weight excluding hydrogens is 352 g/mol. The van der Waals surface area contributed by atoms with Crippen molar-refractivity contribution in [1.29, 1.82) is 0 Å². The number of halogens is 2. The SMILES string of the molecule is O=C(O)C1CCCC(C(=O)NC(c2ccc(F)cc2)c2ccc(F)cc2)C1. The number of carbonyl (C=O) groups is 2. The van der Waals surface area contributed by atoms with Crippen molar-refractivity contribution in [3.05, 3.63) is 71.3 Å². The Morgan fingerprint density at radius 3 is 1.85 bits per heavy atom. The minimum atomic E-state index is -0.874. The van der Waals surface area contributed by atoms with Crippen LogP contribution < -0.4 is 5.32 Å². The molecule has 6 heteroatoms. The first kappa shape index (κ1) is 19.0. The normalized spacial score (nSPS) is 19.7. The molecule has 0 aliphatic heterocycles. The van der Waals surface area contributed by atoms with Gasteiger partial charge in [-0.05, 0) is 54.7 Å². The third kappa shape index (κ3) is 4.70. The second kappa shape index (κ2) is 8.29. The number of carboxylic acid groups (broad SMARTS) is 1. The Morgan fingerprint density at radius 2 is 1.37 bits per heavy atom. The van der Waals surface area contributed by atoms with Gasteiger partial charge in [-0.2, -0.15) is 0 Å². The molecule has 0 heterocycles. The van der Waals surface area contributed by atoms with Crippen LogP contribution in [-0.2, 0) is 9.59 Å². The van der Waals surface area contributed by atoms with E-state index in [4.69, 9.17) is 0 Å². The highest BCUT2D eigenvalue weighted by atomic mass is 19.1. The van der Waals surface area contributed by atoms with Crippen molar-refractivity contribution < 1.29 is 23.5 Å². The fourth-order valence-corrected chi connectivity index (χ4v) is 3.58. The number of carboxylic acids is 1. The summed E-state index contributed by atoms with van der Waals surface area (Å²) in [4.78, 5) is 24.1. The van der Waals surface area contributed by atoms with E-state index in [0.717, 1.165) is 0 Å². The van der Waals surface area contributed by atoms with E-state index >= 15 is 0 Å². The van der Waals surface area contributed by atoms with Gasteiger partial charge in [0, 0.05) is 5.92 Å². The molecule has 0 saturated heterocycles. The molecule has 2 aromatic rings. The first-order valence-electron chi connectivity index (χ1n) is 8.98. The van der Waals surface area contributed by atoms with Crippen LogP contribution in [0.25, 0.3) is 0 Å². The van der Waals surface area contributed by atoms with Gasteiger partial charge in [0.15, 0.2) is 0 Å². The van der Waals surface area contributed by atoms with Crippen molar-refractivity contribution >= 4 is 11.9 Å². The first-order chi connectivity index (χ1) is 12.9. The Balaban J connectivity index is 1.82. The van der Waals surface area contributed by atoms with E-state index in [1.54, 1.807) is 24.3 Å². The molecule has 0 aromatic heterocycles. The van der Waals surface area contributed by atoms with Crippen molar-refractivity contribution in [3.63, 3.8) is 0 Å². The summed E-state index contributed by atoms with van der Waals surface area (Å²) < 4.78 is 26.6. The smallest absolute Gasteiger partial charge is 0.306 e. The van der Waals surface area contributed by atoms with Crippen LogP contribution in [0.2, 0.25) is 0 Å². The Bertz CT molecular complexity index is 760. The minimum Gasteiger partial charge on any atom is -0.481 e. The maximum absolute atomic E-state index is 13.3. The first-order valence-corrected chi connectivity index (χ1v) is 8.98. The Labute approximate surface area is 156 Å². The molecule has 0 spiro atoms. The molecular formula is C21H21F2NO3. The van der Waals surface area contributed by atoms with Gasteiger partial charge in [-0.1, -0.05) is 30.7 Å². The van der Waals surface area contributed by atoms with Crippen molar-refractivity contribution in [3.8, 4) is 0 Å². The van der Waals surface area contributed by atoms with Gasteiger partial charge >= 0.3 is 5.97 Å². The van der Waals surface area contributed by atoms with Crippen LogP contribution in [0.1, 0.15) is 42.9 Å². The molecule has 1 aliphatic rings. The minimum absolute atomic E-state index is 0.236. The summed E-state index contributed by atoms with van der Waals surface area (Å²) in [6, 6.07) is 10.9. The lowest BCUT2D eigenvalue weighted by atomic mass is 9.80. The molecule has 3 rings (SSSR count). The Morgan fingerprint density at radius 1 is 0.889 bits per heavy atom. The van der Waals surface area contributed by atoms with E-state index in [9.17, 15) is 23.5 Å². The van der Waals surface area contributed by atoms with Gasteiger partial charge in [0.05, 0.1) is 12.0 Å². The van der Waals surface area contributed by atoms with Crippen LogP contribution in [-0.4, -0.2) is 17.0 Å². The number of amides is 1. The highest BCUT2D eigenvalue weighted by Gasteiger charge is 2.32. The van der Waals surface area contributed by atoms with Gasteiger partial charge in [0.1, 0.15) is 11.6 Å². The summed E-state index contributed by atoms with van der Waals surface area (Å²) in [5.41, 5.74) is 1.34. The second-order valence-electron chi connectivity index (χ2n) is 6.94. The average Bonchev–Trinajstić information content (AvgIpc) is 2.67. The number of aliphatic carboxylic acids is 1. The van der Waals surface area contributed by atoms with Crippen molar-refractivity contribution in [2.75, 3.05) is 0 Å². The quantitative estimate of drug-likeness (QED) is 0.831. The van der Waals surface area contributed by atoms with Crippen LogP contribution in [0.4, 0.5) is 8.78 Å². The topological polar surface area (TPSA) is 66.4 Å². The summed E-state index contributed by atoms with van der Waals surface area (Å²) >= 11 is 0. The van der Waals surface area contributed by atoms with Gasteiger partial charge < -0.3 is 10.4 Å². The van der Waals surface area contributed by atoms with Crippen LogP contribution in [0, 0.1) is 23.5 Å². The van der Waals surface area contributed by atoms with Gasteiger partial charge in [0.25, 0.3) is 0 Å². The molecule has 1 fully saturated rings. The molecule has 1 aliphatic carbocycles. The summed E-state index contributed by atoms with van der Waals surface area (Å²) in [6.45, 7) is 0. The molecule has 2 unspecified atom stereocenters. The number of nitrogens with one attached hydrogen (secondary N) is 1. The second-order valence-corrected chi connectivity index (χ2v) is 6.94. The Kier molecular flexibility index (Phi) is 5.84. The van der Waals surface area contributed by atoms with Crippen LogP contribution in [0.15, 0.2) is 48.5 Å². The molecule has 0 radical (unpaired) electrons. The highest BCUT2D eigenvalue weighted by molar-refractivity contribution is 5.81. The molecule has 2 aromatic carbocycles. The van der Waals surface area contributed by atoms with Gasteiger partial charge in [-0.15, -0.1) is 0 Å². The zero-order valence-corrected chi connectivity index (χ0v) is 14.7. The lowest BCUT2D eigenvalue weighted by Gasteiger charge is -2.28. The fourth-order valence-electron chi connectivity index (χ4n) is 3.58. The highest BCUT2D eigenvalue weighted by Crippen LogP contribution is 2.31. The van der Waals surface area contributed by atoms with Gasteiger partial charge in [-0.25, -0.2) is 8.78 Å². The maximum Gasteiger partial charge on any atom is 0.306 e. The van der Waals surface area contributed by atoms with E-state index in [2.05, 4.69) is 5.32 Å². The van der Waals surface area contributed by atoms with Crippen LogP contribution in [0.5, 0.6) is 0 Å². The number of benzene rings is 2. The molecule has 142 valence electrons. The van der Waals surface area contributed by atoms with E-state index in [0.29, 0.717) is 36.8 Å². The van der Waals surface area contributed by atoms with E-state index in [1.807, 2.05) is 0 Å². The lowest BCUT2D eigenvalue weighted by Crippen LogP contribution is -2.37. The monoisotopic (exact) mass is 373 g/mol. The molecule has 27 heavy (non-hydrogen) atoms. The number of carbonyl (C=O) groups excluding carboxylic acids is 1. The molecule has 2 N–H and O–H groups in total. The third-order valence-corrected chi connectivity index (χ3v) is 5.09. The molecule has 2 atom stereocenters. The summed E-state index contributed by atoms with van der Waals surface area (Å²) in [6.07, 6.45) is 2.21. The standard InChI is InChI=1S/C21H21F2NO3/c22-17-8-4-13(5-9-17)19(14-6-10-18(23)11-7-14)24-20(25)15-2-1-3-16(12-15)21(26)27/h4-11,15-16,19H,1-3,12H2,(H,24,25)(H,26,27). The summed E-state index contributed by atoms with van der Waals surface area (Å²) in [5, 5.41) is 12.2. The number of hydrogen-bond acceptors (Lipinski definition) is 2. The van der Waals surface area contributed by atoms with Crippen molar-refractivity contribution in [2.45, 2.75) is 31.7 Å². The van der Waals surface area contributed by atoms with Crippen molar-refractivity contribution in [2.24, 2.45) is 11.8 Å². The van der Waals surface area contributed by atoms with E-state index < -0.39 is 17.9 Å². The zero-order chi connectivity index (χ0) is 19.4. The number of hydrogen-bond donors (Lipinski definition) is 2. The van der Waals surface area contributed by atoms with Crippen molar-refractivity contribution in [1.82, 2.24) is 5.32 Å². The van der Waals surface area contributed by atoms with Crippen LogP contribution in [0.3, 0.4) is 0 Å². The fraction of sp³-hybridized carbons (Fsp3) is 0.333. The molecule has 1 amide bonds. The largest absolute Gasteiger partial charge is 0.481 e. The molecule has 1 saturated carbocycles. The Hall–Kier alpha value is -2.76. The predicted octanol–water partition coefficient (Wildman–Crippen LogP) is 4.06. The zero-order valence-electron chi connectivity index (χ0n) is 14.7. The lowest BCUT2D eigenvalue weighted by molar-refractivity contribution is -0.144. The van der Waals surface area contributed by atoms with Gasteiger partial charge in [-0.3, -0.25) is 9.59 Å². The summed E-state index contributed by atoms with van der Waals surface area (Å²) in [5.74, 6) is -2.78. The van der Waals surface area contributed by atoms with E-state index in [-0.39, 0.29) is 23.5 Å². The third-order valence-electron chi connectivity index (χ3n) is 5.09. The average molecular weight is 373 g/mol. The number of rotatable bonds is 5. The molecule has 0 bridgehead atoms. The summed E-state index contributed by atoms with van der Waals surface area (Å²) in [7, 11) is 0. The van der Waals surface area contributed by atoms with E-state index in [1.165, 1.54) is 24.3 Å².